The minimum absolute atomic E-state index is 0.115. The molecule has 3 aromatic carbocycles. The molecule has 0 aromatic heterocycles. The quantitative estimate of drug-likeness (QED) is 0.368. The van der Waals surface area contributed by atoms with Crippen LogP contribution in [0.1, 0.15) is 16.7 Å². The fourth-order valence-corrected chi connectivity index (χ4v) is 4.64. The molecule has 4 atom stereocenters. The first-order valence-electron chi connectivity index (χ1n) is 11.6. The fraction of sp³-hybridized carbons (Fsp3) is 0.357. The van der Waals surface area contributed by atoms with Gasteiger partial charge in [-0.1, -0.05) is 54.6 Å². The van der Waals surface area contributed by atoms with Gasteiger partial charge in [0.1, 0.15) is 42.0 Å². The van der Waals surface area contributed by atoms with Crippen molar-refractivity contribution in [3.63, 3.8) is 0 Å². The third kappa shape index (κ3) is 4.59. The molecule has 0 spiro atoms. The van der Waals surface area contributed by atoms with Gasteiger partial charge >= 0.3 is 0 Å². The molecule has 4 rings (SSSR count). The molecule has 8 heteroatoms. The second-order valence-electron chi connectivity index (χ2n) is 8.58. The number of hydrogen-bond acceptors (Lipinski definition) is 8. The summed E-state index contributed by atoms with van der Waals surface area (Å²) in [4.78, 5) is 0. The molecule has 1 heterocycles. The average molecular weight is 497 g/mol. The predicted octanol–water partition coefficient (Wildman–Crippen LogP) is 2.47. The number of aliphatic hydroxyl groups is 3. The summed E-state index contributed by atoms with van der Waals surface area (Å²) in [6.07, 6.45) is -3.75. The lowest BCUT2D eigenvalue weighted by Crippen LogP contribution is -2.47. The lowest BCUT2D eigenvalue weighted by molar-refractivity contribution is -0.266. The number of benzene rings is 3. The van der Waals surface area contributed by atoms with Crippen molar-refractivity contribution in [3.05, 3.63) is 95.6 Å². The van der Waals surface area contributed by atoms with Crippen molar-refractivity contribution in [1.29, 1.82) is 0 Å². The number of hydrogen-bond donors (Lipinski definition) is 3. The van der Waals surface area contributed by atoms with Crippen molar-refractivity contribution in [2.24, 2.45) is 0 Å². The van der Waals surface area contributed by atoms with Gasteiger partial charge in [-0.3, -0.25) is 0 Å². The summed E-state index contributed by atoms with van der Waals surface area (Å²) >= 11 is 0. The minimum atomic E-state index is -1.73. The van der Waals surface area contributed by atoms with Crippen LogP contribution < -0.4 is 9.47 Å². The average Bonchev–Trinajstić information content (AvgIpc) is 3.19. The lowest BCUT2D eigenvalue weighted by Gasteiger charge is -2.37. The SMILES string of the molecule is COc1ccc(C(OC[C@H]2O[C@@](CO)(OC)[C@@H](O)[C@@H]2O)(c2ccccc2)c2ccc(OC)cc2)cc1. The first-order chi connectivity index (χ1) is 17.4. The Balaban J connectivity index is 1.82. The summed E-state index contributed by atoms with van der Waals surface area (Å²) in [5.74, 6) is -0.342. The van der Waals surface area contributed by atoms with Crippen LogP contribution in [-0.2, 0) is 19.8 Å². The van der Waals surface area contributed by atoms with Gasteiger partial charge in [0.15, 0.2) is 0 Å². The molecule has 36 heavy (non-hydrogen) atoms. The van der Waals surface area contributed by atoms with E-state index in [4.69, 9.17) is 23.7 Å². The van der Waals surface area contributed by atoms with Crippen molar-refractivity contribution < 1.29 is 39.0 Å². The van der Waals surface area contributed by atoms with Crippen molar-refractivity contribution in [2.75, 3.05) is 34.5 Å². The van der Waals surface area contributed by atoms with Gasteiger partial charge in [-0.15, -0.1) is 0 Å². The van der Waals surface area contributed by atoms with Gasteiger partial charge in [0.2, 0.25) is 5.79 Å². The van der Waals surface area contributed by atoms with Gasteiger partial charge in [0.25, 0.3) is 0 Å². The van der Waals surface area contributed by atoms with Gasteiger partial charge in [-0.25, -0.2) is 0 Å². The van der Waals surface area contributed by atoms with Gasteiger partial charge in [0, 0.05) is 7.11 Å². The van der Waals surface area contributed by atoms with Gasteiger partial charge in [0.05, 0.1) is 20.8 Å². The normalized spacial score (nSPS) is 24.0. The molecule has 0 aliphatic carbocycles. The van der Waals surface area contributed by atoms with E-state index in [0.717, 1.165) is 16.7 Å². The maximum Gasteiger partial charge on any atom is 0.221 e. The Morgan fingerprint density at radius 1 is 0.778 bits per heavy atom. The zero-order valence-electron chi connectivity index (χ0n) is 20.5. The van der Waals surface area contributed by atoms with Crippen LogP contribution in [0, 0.1) is 0 Å². The first kappa shape index (κ1) is 26.1. The fourth-order valence-electron chi connectivity index (χ4n) is 4.64. The third-order valence-electron chi connectivity index (χ3n) is 6.71. The molecule has 3 N–H and O–H groups in total. The van der Waals surface area contributed by atoms with Crippen LogP contribution in [0.4, 0.5) is 0 Å². The van der Waals surface area contributed by atoms with Crippen LogP contribution in [0.3, 0.4) is 0 Å². The Morgan fingerprint density at radius 3 is 1.69 bits per heavy atom. The second-order valence-corrected chi connectivity index (χ2v) is 8.58. The van der Waals surface area contributed by atoms with E-state index < -0.39 is 36.3 Å². The van der Waals surface area contributed by atoms with E-state index in [1.165, 1.54) is 7.11 Å². The predicted molar refractivity (Wildman–Crippen MR) is 132 cm³/mol. The van der Waals surface area contributed by atoms with Crippen LogP contribution in [0.15, 0.2) is 78.9 Å². The highest BCUT2D eigenvalue weighted by molar-refractivity contribution is 5.49. The molecule has 8 nitrogen and oxygen atoms in total. The summed E-state index contributed by atoms with van der Waals surface area (Å²) in [5.41, 5.74) is 1.35. The highest BCUT2D eigenvalue weighted by Crippen LogP contribution is 2.43. The van der Waals surface area contributed by atoms with Crippen molar-refractivity contribution in [3.8, 4) is 11.5 Å². The second kappa shape index (κ2) is 11.0. The van der Waals surface area contributed by atoms with E-state index in [0.29, 0.717) is 11.5 Å². The summed E-state index contributed by atoms with van der Waals surface area (Å²) in [7, 11) is 4.51. The standard InChI is InChI=1S/C28H32O8/c1-32-22-13-9-20(10-14-22)28(19-7-5-4-6-8-19,21-11-15-23(33-2)16-12-21)35-17-24-25(30)26(31)27(18-29,34-3)36-24/h4-16,24-26,29-31H,17-18H2,1-3H3/t24-,25-,26+,27-/m1/s1. The molecule has 0 unspecified atom stereocenters. The first-order valence-corrected chi connectivity index (χ1v) is 11.6. The largest absolute Gasteiger partial charge is 0.497 e. The zero-order chi connectivity index (χ0) is 25.8. The molecule has 0 saturated carbocycles. The number of aliphatic hydroxyl groups excluding tert-OH is 3. The summed E-state index contributed by atoms with van der Waals surface area (Å²) < 4.78 is 28.5. The van der Waals surface area contributed by atoms with Crippen molar-refractivity contribution in [1.82, 2.24) is 0 Å². The van der Waals surface area contributed by atoms with Crippen LogP contribution in [-0.4, -0.2) is 74.0 Å². The summed E-state index contributed by atoms with van der Waals surface area (Å²) in [5, 5.41) is 31.0. The molecule has 0 bridgehead atoms. The smallest absolute Gasteiger partial charge is 0.221 e. The Hall–Kier alpha value is -2.98. The lowest BCUT2D eigenvalue weighted by atomic mass is 9.80. The molecule has 0 amide bonds. The minimum Gasteiger partial charge on any atom is -0.497 e. The Labute approximate surface area is 210 Å². The molecule has 3 aromatic rings. The van der Waals surface area contributed by atoms with Crippen LogP contribution >= 0.6 is 0 Å². The van der Waals surface area contributed by atoms with Crippen LogP contribution in [0.25, 0.3) is 0 Å². The van der Waals surface area contributed by atoms with E-state index in [2.05, 4.69) is 0 Å². The molecule has 1 aliphatic rings. The Morgan fingerprint density at radius 2 is 1.28 bits per heavy atom. The molecule has 192 valence electrons. The number of ether oxygens (including phenoxy) is 5. The van der Waals surface area contributed by atoms with Crippen LogP contribution in [0.5, 0.6) is 11.5 Å². The zero-order valence-corrected chi connectivity index (χ0v) is 20.5. The van der Waals surface area contributed by atoms with E-state index in [-0.39, 0.29) is 6.61 Å². The maximum absolute atomic E-state index is 10.7. The van der Waals surface area contributed by atoms with Gasteiger partial charge in [-0.05, 0) is 41.0 Å². The maximum atomic E-state index is 10.7. The van der Waals surface area contributed by atoms with E-state index in [1.54, 1.807) is 14.2 Å². The van der Waals surface area contributed by atoms with Crippen molar-refractivity contribution in [2.45, 2.75) is 29.7 Å². The number of methoxy groups -OCH3 is 3. The van der Waals surface area contributed by atoms with E-state index in [9.17, 15) is 15.3 Å². The highest BCUT2D eigenvalue weighted by Gasteiger charge is 2.55. The van der Waals surface area contributed by atoms with Gasteiger partial charge < -0.3 is 39.0 Å². The van der Waals surface area contributed by atoms with Crippen LogP contribution in [0.2, 0.25) is 0 Å². The van der Waals surface area contributed by atoms with Gasteiger partial charge in [-0.2, -0.15) is 0 Å². The Bertz CT molecular complexity index is 1050. The summed E-state index contributed by atoms with van der Waals surface area (Å²) in [6, 6.07) is 24.8. The van der Waals surface area contributed by atoms with E-state index in [1.807, 2.05) is 78.9 Å². The molecule has 0 radical (unpaired) electrons. The highest BCUT2D eigenvalue weighted by atomic mass is 16.7. The van der Waals surface area contributed by atoms with E-state index >= 15 is 0 Å². The topological polar surface area (TPSA) is 107 Å². The third-order valence-corrected chi connectivity index (χ3v) is 6.71. The monoisotopic (exact) mass is 496 g/mol. The molecular formula is C28H32O8. The molecule has 1 saturated heterocycles. The summed E-state index contributed by atoms with van der Waals surface area (Å²) in [6.45, 7) is -0.741. The number of rotatable bonds is 10. The Kier molecular flexibility index (Phi) is 7.94. The van der Waals surface area contributed by atoms with Crippen molar-refractivity contribution >= 4 is 0 Å². The molecular weight excluding hydrogens is 464 g/mol. The molecule has 1 fully saturated rings. The molecule has 1 aliphatic heterocycles.